The zero-order valence-corrected chi connectivity index (χ0v) is 9.26. The minimum Gasteiger partial charge on any atom is -0.394 e. The summed E-state index contributed by atoms with van der Waals surface area (Å²) >= 11 is 0. The lowest BCUT2D eigenvalue weighted by molar-refractivity contribution is 0.184. The first kappa shape index (κ1) is 11.0. The van der Waals surface area contributed by atoms with E-state index in [1.54, 1.807) is 6.20 Å². The number of hydrogen-bond donors (Lipinski definition) is 2. The van der Waals surface area contributed by atoms with Crippen molar-refractivity contribution in [1.29, 1.82) is 0 Å². The largest absolute Gasteiger partial charge is 0.394 e. The molecule has 0 radical (unpaired) electrons. The molecule has 0 saturated carbocycles. The highest BCUT2D eigenvalue weighted by Gasteiger charge is 2.24. The molecule has 1 aliphatic rings. The average Bonchev–Trinajstić information content (AvgIpc) is 2.69. The van der Waals surface area contributed by atoms with Gasteiger partial charge in [0.1, 0.15) is 0 Å². The number of aliphatic hydroxyl groups is 1. The Balaban J connectivity index is 1.92. The molecule has 0 bridgehead atoms. The summed E-state index contributed by atoms with van der Waals surface area (Å²) in [7, 11) is 0. The van der Waals surface area contributed by atoms with Gasteiger partial charge in [0.05, 0.1) is 18.5 Å². The molecule has 2 rings (SSSR count). The van der Waals surface area contributed by atoms with Gasteiger partial charge in [0.25, 0.3) is 0 Å². The van der Waals surface area contributed by atoms with Crippen molar-refractivity contribution in [3.8, 4) is 0 Å². The molecule has 0 aliphatic carbocycles. The molecule has 4 heteroatoms. The third kappa shape index (κ3) is 2.33. The predicted octanol–water partition coefficient (Wildman–Crippen LogP) is 0.361. The predicted molar refractivity (Wildman–Crippen MR) is 62.7 cm³/mol. The van der Waals surface area contributed by atoms with E-state index in [1.807, 2.05) is 12.3 Å². The fraction of sp³-hybridized carbons (Fsp3) is 0.417. The standard InChI is InChI=1S/C12H17N3O/c1-10-14-8-12(9-16)15(10)6-4-11-3-2-5-13-7-11/h2-3,5,7,12,14,16H,1,4,6,8-9H2/t12-/m1/s1. The topological polar surface area (TPSA) is 48.4 Å². The van der Waals surface area contributed by atoms with E-state index in [2.05, 4.69) is 27.8 Å². The van der Waals surface area contributed by atoms with Crippen LogP contribution in [0.15, 0.2) is 36.9 Å². The summed E-state index contributed by atoms with van der Waals surface area (Å²) in [5.74, 6) is 0.906. The van der Waals surface area contributed by atoms with Gasteiger partial charge in [0.2, 0.25) is 0 Å². The monoisotopic (exact) mass is 219 g/mol. The van der Waals surface area contributed by atoms with Gasteiger partial charge in [-0.25, -0.2) is 0 Å². The summed E-state index contributed by atoms with van der Waals surface area (Å²) in [4.78, 5) is 6.20. The van der Waals surface area contributed by atoms with E-state index in [-0.39, 0.29) is 12.6 Å². The summed E-state index contributed by atoms with van der Waals surface area (Å²) in [6, 6.07) is 4.16. The van der Waals surface area contributed by atoms with Gasteiger partial charge in [0, 0.05) is 25.5 Å². The van der Waals surface area contributed by atoms with Gasteiger partial charge in [-0.15, -0.1) is 0 Å². The lowest BCUT2D eigenvalue weighted by Crippen LogP contribution is -2.34. The van der Waals surface area contributed by atoms with Gasteiger partial charge in [-0.3, -0.25) is 4.98 Å². The zero-order valence-electron chi connectivity index (χ0n) is 9.26. The fourth-order valence-corrected chi connectivity index (χ4v) is 1.94. The molecule has 1 aliphatic heterocycles. The van der Waals surface area contributed by atoms with Crippen LogP contribution >= 0.6 is 0 Å². The molecule has 1 fully saturated rings. The Bertz CT molecular complexity index is 353. The molecule has 2 heterocycles. The van der Waals surface area contributed by atoms with Gasteiger partial charge in [-0.1, -0.05) is 12.6 Å². The van der Waals surface area contributed by atoms with Crippen LogP contribution in [0.2, 0.25) is 0 Å². The van der Waals surface area contributed by atoms with Crippen molar-refractivity contribution in [2.45, 2.75) is 12.5 Å². The first-order chi connectivity index (χ1) is 7.81. The summed E-state index contributed by atoms with van der Waals surface area (Å²) < 4.78 is 0. The van der Waals surface area contributed by atoms with E-state index >= 15 is 0 Å². The van der Waals surface area contributed by atoms with Crippen molar-refractivity contribution in [1.82, 2.24) is 15.2 Å². The van der Waals surface area contributed by atoms with E-state index in [4.69, 9.17) is 0 Å². The SMILES string of the molecule is C=C1NC[C@H](CO)N1CCc1cccnc1. The molecule has 1 saturated heterocycles. The number of rotatable bonds is 4. The highest BCUT2D eigenvalue weighted by atomic mass is 16.3. The number of aliphatic hydroxyl groups excluding tert-OH is 1. The quantitative estimate of drug-likeness (QED) is 0.767. The van der Waals surface area contributed by atoms with E-state index in [1.165, 1.54) is 5.56 Å². The minimum absolute atomic E-state index is 0.157. The van der Waals surface area contributed by atoms with Crippen LogP contribution in [0, 0.1) is 0 Å². The smallest absolute Gasteiger partial charge is 0.0943 e. The first-order valence-electron chi connectivity index (χ1n) is 5.50. The molecule has 1 atom stereocenters. The summed E-state index contributed by atoms with van der Waals surface area (Å²) in [5, 5.41) is 12.4. The molecule has 4 nitrogen and oxygen atoms in total. The van der Waals surface area contributed by atoms with Crippen LogP contribution in [0.4, 0.5) is 0 Å². The Morgan fingerprint density at radius 3 is 3.19 bits per heavy atom. The second-order valence-electron chi connectivity index (χ2n) is 3.97. The Hall–Kier alpha value is -1.55. The van der Waals surface area contributed by atoms with Crippen LogP contribution in [0.5, 0.6) is 0 Å². The van der Waals surface area contributed by atoms with Crippen molar-refractivity contribution in [2.24, 2.45) is 0 Å². The number of nitrogens with zero attached hydrogens (tertiary/aromatic N) is 2. The number of nitrogens with one attached hydrogen (secondary N) is 1. The van der Waals surface area contributed by atoms with Gasteiger partial charge < -0.3 is 15.3 Å². The second-order valence-corrected chi connectivity index (χ2v) is 3.97. The van der Waals surface area contributed by atoms with Crippen molar-refractivity contribution in [2.75, 3.05) is 19.7 Å². The Morgan fingerprint density at radius 2 is 2.50 bits per heavy atom. The van der Waals surface area contributed by atoms with E-state index in [9.17, 15) is 5.11 Å². The molecular weight excluding hydrogens is 202 g/mol. The van der Waals surface area contributed by atoms with Crippen molar-refractivity contribution < 1.29 is 5.11 Å². The summed E-state index contributed by atoms with van der Waals surface area (Å²) in [6.45, 7) is 5.74. The number of pyridine rings is 1. The third-order valence-electron chi connectivity index (χ3n) is 2.90. The number of aromatic nitrogens is 1. The molecule has 0 unspecified atom stereocenters. The lowest BCUT2D eigenvalue weighted by Gasteiger charge is -2.24. The average molecular weight is 219 g/mol. The fourth-order valence-electron chi connectivity index (χ4n) is 1.94. The lowest BCUT2D eigenvalue weighted by atomic mass is 10.2. The maximum Gasteiger partial charge on any atom is 0.0943 e. The Labute approximate surface area is 95.6 Å². The minimum atomic E-state index is 0.157. The highest BCUT2D eigenvalue weighted by molar-refractivity contribution is 5.10. The van der Waals surface area contributed by atoms with E-state index in [0.717, 1.165) is 25.3 Å². The van der Waals surface area contributed by atoms with Gasteiger partial charge in [-0.2, -0.15) is 0 Å². The molecule has 0 spiro atoms. The van der Waals surface area contributed by atoms with Crippen LogP contribution in [0.1, 0.15) is 5.56 Å². The maximum atomic E-state index is 9.22. The second kappa shape index (κ2) is 4.99. The van der Waals surface area contributed by atoms with Crippen LogP contribution in [-0.2, 0) is 6.42 Å². The summed E-state index contributed by atoms with van der Waals surface area (Å²) in [5.41, 5.74) is 1.21. The van der Waals surface area contributed by atoms with Gasteiger partial charge in [-0.05, 0) is 18.1 Å². The Morgan fingerprint density at radius 1 is 1.62 bits per heavy atom. The molecule has 1 aromatic heterocycles. The van der Waals surface area contributed by atoms with Crippen molar-refractivity contribution >= 4 is 0 Å². The van der Waals surface area contributed by atoms with E-state index in [0.29, 0.717) is 0 Å². The van der Waals surface area contributed by atoms with Crippen LogP contribution in [0.3, 0.4) is 0 Å². The molecule has 16 heavy (non-hydrogen) atoms. The van der Waals surface area contributed by atoms with Gasteiger partial charge >= 0.3 is 0 Å². The Kier molecular flexibility index (Phi) is 3.41. The molecule has 86 valence electrons. The number of hydrogen-bond acceptors (Lipinski definition) is 4. The maximum absolute atomic E-state index is 9.22. The molecule has 1 aromatic rings. The van der Waals surface area contributed by atoms with Crippen molar-refractivity contribution in [3.63, 3.8) is 0 Å². The highest BCUT2D eigenvalue weighted by Crippen LogP contribution is 2.13. The van der Waals surface area contributed by atoms with Crippen LogP contribution in [0.25, 0.3) is 0 Å². The summed E-state index contributed by atoms with van der Waals surface area (Å²) in [6.07, 6.45) is 4.57. The zero-order chi connectivity index (χ0) is 11.4. The molecule has 2 N–H and O–H groups in total. The molecule has 0 aromatic carbocycles. The van der Waals surface area contributed by atoms with E-state index < -0.39 is 0 Å². The first-order valence-corrected chi connectivity index (χ1v) is 5.50. The third-order valence-corrected chi connectivity index (χ3v) is 2.90. The molecular formula is C12H17N3O. The van der Waals surface area contributed by atoms with Crippen molar-refractivity contribution in [3.05, 3.63) is 42.5 Å². The van der Waals surface area contributed by atoms with Crippen LogP contribution < -0.4 is 5.32 Å². The molecule has 0 amide bonds. The normalized spacial score (nSPS) is 19.9. The van der Waals surface area contributed by atoms with Gasteiger partial charge in [0.15, 0.2) is 0 Å². The van der Waals surface area contributed by atoms with Crippen LogP contribution in [-0.4, -0.2) is 40.7 Å².